The van der Waals surface area contributed by atoms with Gasteiger partial charge in [-0.1, -0.05) is 32.4 Å². The normalized spacial score (nSPS) is 20.1. The van der Waals surface area contributed by atoms with Crippen molar-refractivity contribution < 1.29 is 13.2 Å². The van der Waals surface area contributed by atoms with Crippen LogP contribution in [-0.2, 0) is 21.2 Å². The fourth-order valence-electron chi connectivity index (χ4n) is 4.22. The molecule has 1 aromatic rings. The zero-order valence-corrected chi connectivity index (χ0v) is 18.8. The molecular formula is C22H32N4O3S. The second-order valence-corrected chi connectivity index (χ2v) is 10.5. The van der Waals surface area contributed by atoms with E-state index in [-0.39, 0.29) is 24.3 Å². The largest absolute Gasteiger partial charge is 0.340 e. The summed E-state index contributed by atoms with van der Waals surface area (Å²) in [5.74, 6) is 0.302. The highest BCUT2D eigenvalue weighted by atomic mass is 32.2. The Labute approximate surface area is 180 Å². The van der Waals surface area contributed by atoms with Crippen molar-refractivity contribution in [1.29, 1.82) is 5.26 Å². The van der Waals surface area contributed by atoms with Crippen molar-refractivity contribution in [3.8, 4) is 6.07 Å². The van der Waals surface area contributed by atoms with Crippen molar-refractivity contribution in [3.63, 3.8) is 0 Å². The molecule has 0 N–H and O–H groups in total. The first-order valence-electron chi connectivity index (χ1n) is 10.8. The molecule has 3 rings (SSSR count). The summed E-state index contributed by atoms with van der Waals surface area (Å²) in [5.41, 5.74) is 0.817. The van der Waals surface area contributed by atoms with Gasteiger partial charge in [0, 0.05) is 39.3 Å². The van der Waals surface area contributed by atoms with E-state index in [0.29, 0.717) is 44.2 Å². The summed E-state index contributed by atoms with van der Waals surface area (Å²) < 4.78 is 27.1. The van der Waals surface area contributed by atoms with Gasteiger partial charge in [0.25, 0.3) is 0 Å². The molecular weight excluding hydrogens is 400 g/mol. The molecule has 0 radical (unpaired) electrons. The van der Waals surface area contributed by atoms with E-state index in [1.165, 1.54) is 0 Å². The average Bonchev–Trinajstić information content (AvgIpc) is 2.75. The molecule has 0 spiro atoms. The number of carbonyl (C=O) groups is 1. The van der Waals surface area contributed by atoms with E-state index in [1.54, 1.807) is 28.6 Å². The van der Waals surface area contributed by atoms with Gasteiger partial charge < -0.3 is 4.90 Å². The molecule has 7 nitrogen and oxygen atoms in total. The van der Waals surface area contributed by atoms with Crippen LogP contribution in [0.5, 0.6) is 0 Å². The Morgan fingerprint density at radius 1 is 1.00 bits per heavy atom. The predicted octanol–water partition coefficient (Wildman–Crippen LogP) is 2.10. The highest BCUT2D eigenvalue weighted by molar-refractivity contribution is 7.89. The SMILES string of the molecule is CC(C)C(C#N)N1CCN(C(=O)Cc2ccc(S(=O)(=O)N3CCCCC3)cc2)CC1. The van der Waals surface area contributed by atoms with Crippen LogP contribution in [0, 0.1) is 17.2 Å². The smallest absolute Gasteiger partial charge is 0.243 e. The number of benzene rings is 1. The molecule has 2 fully saturated rings. The van der Waals surface area contributed by atoms with Crippen molar-refractivity contribution in [2.75, 3.05) is 39.3 Å². The van der Waals surface area contributed by atoms with Gasteiger partial charge in [-0.25, -0.2) is 8.42 Å². The van der Waals surface area contributed by atoms with Gasteiger partial charge in [-0.05, 0) is 36.5 Å². The summed E-state index contributed by atoms with van der Waals surface area (Å²) in [7, 11) is -3.45. The second kappa shape index (κ2) is 9.90. The van der Waals surface area contributed by atoms with Gasteiger partial charge in [-0.15, -0.1) is 0 Å². The number of sulfonamides is 1. The second-order valence-electron chi connectivity index (χ2n) is 8.52. The maximum absolute atomic E-state index is 12.7. The first-order chi connectivity index (χ1) is 14.3. The molecule has 0 bridgehead atoms. The maximum Gasteiger partial charge on any atom is 0.243 e. The summed E-state index contributed by atoms with van der Waals surface area (Å²) in [6, 6.07) is 8.97. The van der Waals surface area contributed by atoms with Gasteiger partial charge in [0.15, 0.2) is 0 Å². The molecule has 1 unspecified atom stereocenters. The van der Waals surface area contributed by atoms with Crippen LogP contribution in [0.1, 0.15) is 38.7 Å². The van der Waals surface area contributed by atoms with Crippen LogP contribution in [-0.4, -0.2) is 73.7 Å². The minimum atomic E-state index is -3.45. The van der Waals surface area contributed by atoms with Gasteiger partial charge >= 0.3 is 0 Å². The number of hydrogen-bond donors (Lipinski definition) is 0. The molecule has 2 heterocycles. The maximum atomic E-state index is 12.7. The molecule has 164 valence electrons. The molecule has 8 heteroatoms. The van der Waals surface area contributed by atoms with E-state index >= 15 is 0 Å². The topological polar surface area (TPSA) is 84.7 Å². The lowest BCUT2D eigenvalue weighted by Crippen LogP contribution is -2.53. The number of nitrogens with zero attached hydrogens (tertiary/aromatic N) is 4. The number of nitriles is 1. The molecule has 2 saturated heterocycles. The van der Waals surface area contributed by atoms with Gasteiger partial charge in [0.1, 0.15) is 6.04 Å². The fraction of sp³-hybridized carbons (Fsp3) is 0.636. The minimum absolute atomic E-state index is 0.0411. The monoisotopic (exact) mass is 432 g/mol. The third-order valence-corrected chi connectivity index (χ3v) is 7.97. The van der Waals surface area contributed by atoms with E-state index in [9.17, 15) is 18.5 Å². The predicted molar refractivity (Wildman–Crippen MR) is 115 cm³/mol. The molecule has 0 aliphatic carbocycles. The Morgan fingerprint density at radius 2 is 1.60 bits per heavy atom. The van der Waals surface area contributed by atoms with Crippen LogP contribution >= 0.6 is 0 Å². The van der Waals surface area contributed by atoms with Crippen molar-refractivity contribution in [1.82, 2.24) is 14.1 Å². The third-order valence-electron chi connectivity index (χ3n) is 6.06. The van der Waals surface area contributed by atoms with E-state index in [1.807, 2.05) is 18.7 Å². The van der Waals surface area contributed by atoms with Crippen LogP contribution in [0.4, 0.5) is 0 Å². The number of rotatable bonds is 6. The lowest BCUT2D eigenvalue weighted by Gasteiger charge is -2.38. The van der Waals surface area contributed by atoms with Crippen molar-refractivity contribution in [2.45, 2.75) is 50.5 Å². The molecule has 1 amide bonds. The Hall–Kier alpha value is -1.95. The quantitative estimate of drug-likeness (QED) is 0.687. The first kappa shape index (κ1) is 22.7. The highest BCUT2D eigenvalue weighted by Crippen LogP contribution is 2.21. The van der Waals surface area contributed by atoms with E-state index in [2.05, 4.69) is 11.0 Å². The molecule has 1 atom stereocenters. The van der Waals surface area contributed by atoms with Gasteiger partial charge in [0.05, 0.1) is 17.4 Å². The van der Waals surface area contributed by atoms with Gasteiger partial charge in [0.2, 0.25) is 15.9 Å². The number of piperazine rings is 1. The van der Waals surface area contributed by atoms with Gasteiger partial charge in [-0.2, -0.15) is 9.57 Å². The number of amides is 1. The van der Waals surface area contributed by atoms with Crippen molar-refractivity contribution >= 4 is 15.9 Å². The summed E-state index contributed by atoms with van der Waals surface area (Å²) in [4.78, 5) is 17.0. The lowest BCUT2D eigenvalue weighted by atomic mass is 10.0. The summed E-state index contributed by atoms with van der Waals surface area (Å²) in [6.07, 6.45) is 3.16. The zero-order valence-electron chi connectivity index (χ0n) is 18.0. The third kappa shape index (κ3) is 5.20. The number of carbonyl (C=O) groups excluding carboxylic acids is 1. The van der Waals surface area contributed by atoms with E-state index < -0.39 is 10.0 Å². The van der Waals surface area contributed by atoms with E-state index in [4.69, 9.17) is 0 Å². The Morgan fingerprint density at radius 3 is 2.13 bits per heavy atom. The van der Waals surface area contributed by atoms with Crippen LogP contribution < -0.4 is 0 Å². The molecule has 2 aliphatic rings. The van der Waals surface area contributed by atoms with Crippen LogP contribution in [0.2, 0.25) is 0 Å². The Kier molecular flexibility index (Phi) is 7.50. The molecule has 0 aromatic heterocycles. The first-order valence-corrected chi connectivity index (χ1v) is 12.3. The summed E-state index contributed by atoms with van der Waals surface area (Å²) in [5, 5.41) is 9.36. The molecule has 0 saturated carbocycles. The molecule has 30 heavy (non-hydrogen) atoms. The fourth-order valence-corrected chi connectivity index (χ4v) is 5.74. The summed E-state index contributed by atoms with van der Waals surface area (Å²) >= 11 is 0. The van der Waals surface area contributed by atoms with Crippen molar-refractivity contribution in [3.05, 3.63) is 29.8 Å². The standard InChI is InChI=1S/C22H32N4O3S/c1-18(2)21(17-23)24-12-14-25(15-13-24)22(27)16-19-6-8-20(9-7-19)30(28,29)26-10-4-3-5-11-26/h6-9,18,21H,3-5,10-16H2,1-2H3. The van der Waals surface area contributed by atoms with Gasteiger partial charge in [-0.3, -0.25) is 9.69 Å². The molecule has 2 aliphatic heterocycles. The average molecular weight is 433 g/mol. The Bertz CT molecular complexity index is 863. The van der Waals surface area contributed by atoms with Crippen LogP contribution in [0.3, 0.4) is 0 Å². The van der Waals surface area contributed by atoms with Crippen molar-refractivity contribution in [2.24, 2.45) is 5.92 Å². The summed E-state index contributed by atoms with van der Waals surface area (Å²) in [6.45, 7) is 7.89. The highest BCUT2D eigenvalue weighted by Gasteiger charge is 2.28. The van der Waals surface area contributed by atoms with Crippen LogP contribution in [0.15, 0.2) is 29.2 Å². The molecule has 1 aromatic carbocycles. The van der Waals surface area contributed by atoms with Crippen LogP contribution in [0.25, 0.3) is 0 Å². The minimum Gasteiger partial charge on any atom is -0.340 e. The number of hydrogen-bond acceptors (Lipinski definition) is 5. The number of piperidine rings is 1. The van der Waals surface area contributed by atoms with E-state index in [0.717, 1.165) is 24.8 Å². The zero-order chi connectivity index (χ0) is 21.7. The lowest BCUT2D eigenvalue weighted by molar-refractivity contribution is -0.132. The Balaban J connectivity index is 1.56.